The minimum Gasteiger partial charge on any atom is -0.387 e. The van der Waals surface area contributed by atoms with E-state index in [2.05, 4.69) is 24.7 Å². The normalized spacial score (nSPS) is 12.8. The van der Waals surface area contributed by atoms with Crippen molar-refractivity contribution in [2.45, 2.75) is 12.5 Å². The zero-order valence-electron chi connectivity index (χ0n) is 18.4. The largest absolute Gasteiger partial charge is 0.387 e. The van der Waals surface area contributed by atoms with Gasteiger partial charge in [-0.05, 0) is 48.2 Å². The van der Waals surface area contributed by atoms with Crippen LogP contribution in [0.25, 0.3) is 22.3 Å². The highest BCUT2D eigenvalue weighted by atomic mass is 35.5. The highest BCUT2D eigenvalue weighted by Gasteiger charge is 2.23. The third-order valence-corrected chi connectivity index (χ3v) is 6.00. The first-order valence-corrected chi connectivity index (χ1v) is 11.8. The van der Waals surface area contributed by atoms with Crippen LogP contribution in [-0.2, 0) is 6.42 Å². The number of benzene rings is 2. The smallest absolute Gasteiger partial charge is 0.177 e. The Labute approximate surface area is 204 Å². The van der Waals surface area contributed by atoms with Crippen LogP contribution < -0.4 is 16.8 Å². The number of pyridine rings is 1. The highest BCUT2D eigenvalue weighted by Crippen LogP contribution is 2.39. The Kier molecular flexibility index (Phi) is 7.01. The summed E-state index contributed by atoms with van der Waals surface area (Å²) in [7, 11) is 1.75. The van der Waals surface area contributed by atoms with E-state index in [0.717, 1.165) is 11.6 Å². The molecular weight excluding hydrogens is 480 g/mol. The van der Waals surface area contributed by atoms with Crippen molar-refractivity contribution in [1.29, 1.82) is 0 Å². The Bertz CT molecular complexity index is 1370. The van der Waals surface area contributed by atoms with Gasteiger partial charge in [0.05, 0.1) is 39.9 Å². The van der Waals surface area contributed by atoms with Crippen molar-refractivity contribution in [3.63, 3.8) is 0 Å². The summed E-state index contributed by atoms with van der Waals surface area (Å²) in [4.78, 5) is 12.0. The Morgan fingerprint density at radius 2 is 1.94 bits per heavy atom. The van der Waals surface area contributed by atoms with Crippen LogP contribution in [-0.4, -0.2) is 34.1 Å². The van der Waals surface area contributed by atoms with Gasteiger partial charge in [-0.2, -0.15) is 4.40 Å². The van der Waals surface area contributed by atoms with Gasteiger partial charge in [0.25, 0.3) is 0 Å². The van der Waals surface area contributed by atoms with Crippen LogP contribution in [0.3, 0.4) is 0 Å². The molecule has 6 N–H and O–H groups in total. The van der Waals surface area contributed by atoms with Crippen molar-refractivity contribution in [2.24, 2.45) is 15.9 Å². The quantitative estimate of drug-likeness (QED) is 0.164. The Hall–Kier alpha value is -3.21. The molecule has 0 amide bonds. The van der Waals surface area contributed by atoms with Crippen LogP contribution in [0.15, 0.2) is 47.1 Å². The van der Waals surface area contributed by atoms with Crippen molar-refractivity contribution in [3.8, 4) is 11.1 Å². The number of hydrogen-bond donors (Lipinski definition) is 4. The molecule has 34 heavy (non-hydrogen) atoms. The molecule has 2 aromatic carbocycles. The Morgan fingerprint density at radius 1 is 1.21 bits per heavy atom. The maximum absolute atomic E-state index is 13.8. The summed E-state index contributed by atoms with van der Waals surface area (Å²) in [5, 5.41) is 3.60. The predicted molar refractivity (Wildman–Crippen MR) is 135 cm³/mol. The molecule has 0 saturated heterocycles. The third-order valence-electron chi connectivity index (χ3n) is 5.31. The summed E-state index contributed by atoms with van der Waals surface area (Å²) in [5.41, 5.74) is 17.5. The summed E-state index contributed by atoms with van der Waals surface area (Å²) in [5.74, 6) is -1.07. The number of anilines is 1. The van der Waals surface area contributed by atoms with Crippen molar-refractivity contribution in [3.05, 3.63) is 76.2 Å². The maximum Gasteiger partial charge on any atom is 0.177 e. The van der Waals surface area contributed by atoms with Crippen LogP contribution in [0.1, 0.15) is 22.9 Å². The molecule has 0 aliphatic rings. The molecule has 2 aromatic heterocycles. The lowest BCUT2D eigenvalue weighted by atomic mass is 9.93. The second-order valence-corrected chi connectivity index (χ2v) is 8.49. The lowest BCUT2D eigenvalue weighted by Crippen LogP contribution is -2.18. The van der Waals surface area contributed by atoms with E-state index in [-0.39, 0.29) is 12.3 Å². The number of nitrogens with one attached hydrogen (secondary N) is 2. The molecule has 0 saturated carbocycles. The number of nitrogens with zero attached hydrogens (tertiary/aromatic N) is 3. The summed E-state index contributed by atoms with van der Waals surface area (Å²) in [6.45, 7) is 0. The lowest BCUT2D eigenvalue weighted by Gasteiger charge is -2.20. The molecule has 0 aliphatic heterocycles. The average molecular weight is 502 g/mol. The molecule has 7 nitrogen and oxygen atoms in total. The Morgan fingerprint density at radius 3 is 2.62 bits per heavy atom. The van der Waals surface area contributed by atoms with Gasteiger partial charge in [0.2, 0.25) is 0 Å². The van der Waals surface area contributed by atoms with Crippen molar-refractivity contribution >= 4 is 46.2 Å². The molecule has 4 aromatic rings. The van der Waals surface area contributed by atoms with E-state index in [1.807, 2.05) is 12.1 Å². The van der Waals surface area contributed by atoms with E-state index in [9.17, 15) is 8.78 Å². The predicted octanol–water partition coefficient (Wildman–Crippen LogP) is 4.82. The van der Waals surface area contributed by atoms with E-state index in [1.165, 1.54) is 30.4 Å². The number of rotatable bonds is 7. The number of fused-ring (bicyclic) bond motifs is 1. The van der Waals surface area contributed by atoms with Crippen molar-refractivity contribution < 1.29 is 8.78 Å². The molecule has 2 heterocycles. The number of amidine groups is 1. The third kappa shape index (κ3) is 4.70. The zero-order valence-corrected chi connectivity index (χ0v) is 19.9. The number of aromatic amines is 1. The minimum atomic E-state index is -0.682. The molecule has 11 heteroatoms. The number of H-pyrrole nitrogens is 1. The van der Waals surface area contributed by atoms with E-state index in [4.69, 9.17) is 23.1 Å². The van der Waals surface area contributed by atoms with Gasteiger partial charge in [0.15, 0.2) is 5.65 Å². The first-order valence-electron chi connectivity index (χ1n) is 10.2. The number of hydrogen-bond acceptors (Lipinski definition) is 6. The minimum absolute atomic E-state index is 0.163. The molecule has 0 fully saturated rings. The molecule has 0 spiro atoms. The van der Waals surface area contributed by atoms with Gasteiger partial charge >= 0.3 is 0 Å². The number of aromatic nitrogens is 3. The van der Waals surface area contributed by atoms with Gasteiger partial charge in [-0.25, -0.2) is 18.7 Å². The molecule has 0 aliphatic carbocycles. The van der Waals surface area contributed by atoms with Crippen LogP contribution in [0.5, 0.6) is 0 Å². The Balaban J connectivity index is 1.90. The molecule has 1 unspecified atom stereocenters. The number of imidazole rings is 1. The van der Waals surface area contributed by atoms with Gasteiger partial charge in [-0.15, -0.1) is 0 Å². The molecule has 0 bridgehead atoms. The summed E-state index contributed by atoms with van der Waals surface area (Å²) >= 11 is 7.70. The van der Waals surface area contributed by atoms with E-state index >= 15 is 0 Å². The maximum atomic E-state index is 13.8. The summed E-state index contributed by atoms with van der Waals surface area (Å²) in [6, 6.07) is 8.10. The van der Waals surface area contributed by atoms with Gasteiger partial charge in [0, 0.05) is 30.5 Å². The van der Waals surface area contributed by atoms with E-state index in [1.54, 1.807) is 19.4 Å². The van der Waals surface area contributed by atoms with Gasteiger partial charge in [-0.3, -0.25) is 0 Å². The molecule has 1 atom stereocenters. The molecule has 176 valence electrons. The zero-order chi connectivity index (χ0) is 24.4. The van der Waals surface area contributed by atoms with Gasteiger partial charge in [0.1, 0.15) is 17.5 Å². The van der Waals surface area contributed by atoms with Crippen molar-refractivity contribution in [2.75, 3.05) is 18.6 Å². The SMILES string of the molecule is CNc1c(-c2cc3[nH]cnc3nc2C(N)Cc2cc(F)cc(F)c2)ccc(Cl)c1/C(N)=N/SC. The lowest BCUT2D eigenvalue weighted by molar-refractivity contribution is 0.576. The highest BCUT2D eigenvalue weighted by molar-refractivity contribution is 7.97. The molecule has 4 rings (SSSR count). The first-order chi connectivity index (χ1) is 16.3. The summed E-state index contributed by atoms with van der Waals surface area (Å²) in [6.07, 6.45) is 3.50. The standard InChI is InChI=1S/C23H22ClF2N7S/c1-29-21-14(3-4-16(24)19(21)22(28)33-34-2)15-9-18-23(31-10-30-18)32-20(15)17(27)7-11-5-12(25)8-13(26)6-11/h3-6,8-10,17,29H,7,27H2,1-2H3,(H2,28,33)(H,30,31,32). The second kappa shape index (κ2) is 9.96. The number of halogens is 3. The second-order valence-electron chi connectivity index (χ2n) is 7.54. The fourth-order valence-electron chi connectivity index (χ4n) is 3.92. The van der Waals surface area contributed by atoms with Crippen LogP contribution in [0.2, 0.25) is 5.02 Å². The van der Waals surface area contributed by atoms with Gasteiger partial charge in [-0.1, -0.05) is 17.7 Å². The fraction of sp³-hybridized carbons (Fsp3) is 0.174. The first kappa shape index (κ1) is 23.9. The monoisotopic (exact) mass is 501 g/mol. The van der Waals surface area contributed by atoms with Crippen LogP contribution in [0, 0.1) is 11.6 Å². The van der Waals surface area contributed by atoms with Gasteiger partial charge < -0.3 is 21.8 Å². The van der Waals surface area contributed by atoms with Crippen molar-refractivity contribution in [1.82, 2.24) is 15.0 Å². The average Bonchev–Trinajstić information content (AvgIpc) is 3.25. The van der Waals surface area contributed by atoms with Crippen LogP contribution in [0.4, 0.5) is 14.5 Å². The molecule has 0 radical (unpaired) electrons. The summed E-state index contributed by atoms with van der Waals surface area (Å²) < 4.78 is 31.7. The topological polar surface area (TPSA) is 118 Å². The van der Waals surface area contributed by atoms with Crippen LogP contribution >= 0.6 is 23.5 Å². The van der Waals surface area contributed by atoms with E-state index in [0.29, 0.717) is 44.3 Å². The fourth-order valence-corrected chi connectivity index (χ4v) is 4.46. The molecular formula is C23H22ClF2N7S. The number of nitrogens with two attached hydrogens (primary N) is 2. The van der Waals surface area contributed by atoms with E-state index < -0.39 is 17.7 Å².